The summed E-state index contributed by atoms with van der Waals surface area (Å²) < 4.78 is 11.7. The molecule has 2 unspecified atom stereocenters. The van der Waals surface area contributed by atoms with E-state index < -0.39 is 0 Å². The van der Waals surface area contributed by atoms with Crippen LogP contribution in [0, 0.1) is 13.8 Å². The zero-order valence-corrected chi connectivity index (χ0v) is 17.8. The minimum absolute atomic E-state index is 0. The largest absolute Gasteiger partial charge is 0.376 e. The van der Waals surface area contributed by atoms with Crippen molar-refractivity contribution in [3.63, 3.8) is 0 Å². The number of hydrogen-bond donors (Lipinski definition) is 1. The molecule has 2 atom stereocenters. The molecular formula is C19H30IN3O2. The summed E-state index contributed by atoms with van der Waals surface area (Å²) in [5, 5.41) is 3.47. The van der Waals surface area contributed by atoms with Gasteiger partial charge in [-0.15, -0.1) is 24.0 Å². The Morgan fingerprint density at radius 1 is 1.28 bits per heavy atom. The fraction of sp³-hybridized carbons (Fsp3) is 0.632. The normalized spacial score (nSPS) is 24.1. The van der Waals surface area contributed by atoms with E-state index in [1.165, 1.54) is 16.7 Å². The van der Waals surface area contributed by atoms with Crippen LogP contribution in [0.4, 0.5) is 0 Å². The summed E-state index contributed by atoms with van der Waals surface area (Å²) in [7, 11) is 1.85. The highest BCUT2D eigenvalue weighted by molar-refractivity contribution is 14.0. The molecule has 3 rings (SSSR count). The van der Waals surface area contributed by atoms with Gasteiger partial charge in [0.1, 0.15) is 6.10 Å². The van der Waals surface area contributed by atoms with Gasteiger partial charge >= 0.3 is 0 Å². The number of aryl methyl sites for hydroxylation is 2. The quantitative estimate of drug-likeness (QED) is 0.429. The van der Waals surface area contributed by atoms with Crippen LogP contribution in [-0.4, -0.2) is 56.9 Å². The Bertz CT molecular complexity index is 588. The van der Waals surface area contributed by atoms with Crippen LogP contribution in [0.15, 0.2) is 23.2 Å². The van der Waals surface area contributed by atoms with E-state index in [0.717, 1.165) is 51.6 Å². The number of ether oxygens (including phenoxy) is 2. The molecule has 140 valence electrons. The lowest BCUT2D eigenvalue weighted by Gasteiger charge is -2.36. The molecule has 0 spiro atoms. The van der Waals surface area contributed by atoms with E-state index in [1.54, 1.807) is 0 Å². The highest BCUT2D eigenvalue weighted by Crippen LogP contribution is 2.26. The molecule has 0 bridgehead atoms. The van der Waals surface area contributed by atoms with Crippen LogP contribution < -0.4 is 5.32 Å². The molecule has 0 amide bonds. The molecule has 2 aliphatic heterocycles. The molecule has 6 heteroatoms. The summed E-state index contributed by atoms with van der Waals surface area (Å²) in [5.41, 5.74) is 3.86. The molecule has 1 aromatic carbocycles. The summed E-state index contributed by atoms with van der Waals surface area (Å²) in [5.74, 6) is 0.948. The Morgan fingerprint density at radius 2 is 2.12 bits per heavy atom. The summed E-state index contributed by atoms with van der Waals surface area (Å²) in [6.45, 7) is 8.42. The van der Waals surface area contributed by atoms with Crippen molar-refractivity contribution in [3.05, 3.63) is 34.9 Å². The molecule has 2 heterocycles. The molecule has 0 radical (unpaired) electrons. The SMILES string of the molecule is CN=C(NCC1CCCO1)N1CCOC(c2ccc(C)cc2C)C1.I. The van der Waals surface area contributed by atoms with Gasteiger partial charge in [-0.1, -0.05) is 23.8 Å². The molecule has 2 fully saturated rings. The van der Waals surface area contributed by atoms with E-state index in [-0.39, 0.29) is 30.1 Å². The first kappa shape index (κ1) is 20.5. The second-order valence-electron chi connectivity index (χ2n) is 6.73. The van der Waals surface area contributed by atoms with Crippen molar-refractivity contribution in [2.24, 2.45) is 4.99 Å². The van der Waals surface area contributed by atoms with Crippen LogP contribution in [0.25, 0.3) is 0 Å². The Kier molecular flexibility index (Phi) is 7.96. The third-order valence-electron chi connectivity index (χ3n) is 4.86. The van der Waals surface area contributed by atoms with E-state index in [0.29, 0.717) is 6.10 Å². The van der Waals surface area contributed by atoms with E-state index in [2.05, 4.69) is 47.3 Å². The van der Waals surface area contributed by atoms with Crippen molar-refractivity contribution < 1.29 is 9.47 Å². The number of aliphatic imine (C=N–C) groups is 1. The average molecular weight is 459 g/mol. The first-order chi connectivity index (χ1) is 11.7. The number of benzene rings is 1. The fourth-order valence-corrected chi connectivity index (χ4v) is 3.56. The predicted octanol–water partition coefficient (Wildman–Crippen LogP) is 3.05. The topological polar surface area (TPSA) is 46.1 Å². The van der Waals surface area contributed by atoms with Crippen molar-refractivity contribution in [2.75, 3.05) is 39.9 Å². The van der Waals surface area contributed by atoms with Crippen LogP contribution in [0.3, 0.4) is 0 Å². The predicted molar refractivity (Wildman–Crippen MR) is 112 cm³/mol. The first-order valence-corrected chi connectivity index (χ1v) is 8.93. The third kappa shape index (κ3) is 5.31. The summed E-state index contributed by atoms with van der Waals surface area (Å²) >= 11 is 0. The fourth-order valence-electron chi connectivity index (χ4n) is 3.56. The van der Waals surface area contributed by atoms with Crippen LogP contribution in [0.5, 0.6) is 0 Å². The lowest BCUT2D eigenvalue weighted by atomic mass is 10.00. The minimum Gasteiger partial charge on any atom is -0.376 e. The van der Waals surface area contributed by atoms with Gasteiger partial charge in [-0.2, -0.15) is 0 Å². The van der Waals surface area contributed by atoms with E-state index in [4.69, 9.17) is 9.47 Å². The van der Waals surface area contributed by atoms with Gasteiger partial charge in [-0.25, -0.2) is 0 Å². The molecule has 2 aliphatic rings. The summed E-state index contributed by atoms with van der Waals surface area (Å²) in [6.07, 6.45) is 2.72. The number of hydrogen-bond acceptors (Lipinski definition) is 3. The van der Waals surface area contributed by atoms with Gasteiger partial charge < -0.3 is 19.7 Å². The van der Waals surface area contributed by atoms with Crippen molar-refractivity contribution in [1.29, 1.82) is 0 Å². The van der Waals surface area contributed by atoms with Gasteiger partial charge in [0, 0.05) is 26.7 Å². The average Bonchev–Trinajstić information content (AvgIpc) is 3.09. The lowest BCUT2D eigenvalue weighted by Crippen LogP contribution is -2.49. The molecule has 0 aromatic heterocycles. The number of rotatable bonds is 3. The number of guanidine groups is 1. The van der Waals surface area contributed by atoms with E-state index >= 15 is 0 Å². The highest BCUT2D eigenvalue weighted by atomic mass is 127. The molecule has 25 heavy (non-hydrogen) atoms. The third-order valence-corrected chi connectivity index (χ3v) is 4.86. The smallest absolute Gasteiger partial charge is 0.193 e. The van der Waals surface area contributed by atoms with Crippen LogP contribution >= 0.6 is 24.0 Å². The monoisotopic (exact) mass is 459 g/mol. The van der Waals surface area contributed by atoms with Gasteiger partial charge in [0.15, 0.2) is 5.96 Å². The number of nitrogens with one attached hydrogen (secondary N) is 1. The van der Waals surface area contributed by atoms with Crippen molar-refractivity contribution in [1.82, 2.24) is 10.2 Å². The molecule has 1 aromatic rings. The van der Waals surface area contributed by atoms with Crippen molar-refractivity contribution in [3.8, 4) is 0 Å². The van der Waals surface area contributed by atoms with Gasteiger partial charge in [-0.3, -0.25) is 4.99 Å². The van der Waals surface area contributed by atoms with Crippen molar-refractivity contribution in [2.45, 2.75) is 38.9 Å². The maximum absolute atomic E-state index is 6.04. The number of morpholine rings is 1. The Labute approximate surface area is 168 Å². The number of halogens is 1. The van der Waals surface area contributed by atoms with Gasteiger partial charge in [-0.05, 0) is 37.8 Å². The molecule has 1 N–H and O–H groups in total. The van der Waals surface area contributed by atoms with Crippen LogP contribution in [0.1, 0.15) is 35.6 Å². The maximum Gasteiger partial charge on any atom is 0.193 e. The Hall–Kier alpha value is -0.860. The molecule has 0 aliphatic carbocycles. The van der Waals surface area contributed by atoms with Crippen LogP contribution in [0.2, 0.25) is 0 Å². The zero-order chi connectivity index (χ0) is 16.9. The second kappa shape index (κ2) is 9.73. The van der Waals surface area contributed by atoms with Crippen molar-refractivity contribution >= 4 is 29.9 Å². The van der Waals surface area contributed by atoms with Gasteiger partial charge in [0.25, 0.3) is 0 Å². The standard InChI is InChI=1S/C19H29N3O2.HI/c1-14-6-7-17(15(2)11-14)18-13-22(8-10-24-18)19(20-3)21-12-16-5-4-9-23-16;/h6-7,11,16,18H,4-5,8-10,12-13H2,1-3H3,(H,20,21);1H. The van der Waals surface area contributed by atoms with Crippen LogP contribution in [-0.2, 0) is 9.47 Å². The molecular weight excluding hydrogens is 429 g/mol. The molecule has 5 nitrogen and oxygen atoms in total. The van der Waals surface area contributed by atoms with E-state index in [1.807, 2.05) is 7.05 Å². The number of nitrogens with zero attached hydrogens (tertiary/aromatic N) is 2. The maximum atomic E-state index is 6.04. The molecule has 0 saturated carbocycles. The van der Waals surface area contributed by atoms with Gasteiger partial charge in [0.05, 0.1) is 19.3 Å². The zero-order valence-electron chi connectivity index (χ0n) is 15.5. The first-order valence-electron chi connectivity index (χ1n) is 8.93. The minimum atomic E-state index is 0. The second-order valence-corrected chi connectivity index (χ2v) is 6.73. The summed E-state index contributed by atoms with van der Waals surface area (Å²) in [4.78, 5) is 6.75. The van der Waals surface area contributed by atoms with E-state index in [9.17, 15) is 0 Å². The summed E-state index contributed by atoms with van der Waals surface area (Å²) in [6, 6.07) is 6.58. The molecule has 2 saturated heterocycles. The lowest BCUT2D eigenvalue weighted by molar-refractivity contribution is -0.00856. The van der Waals surface area contributed by atoms with Gasteiger partial charge in [0.2, 0.25) is 0 Å². The highest BCUT2D eigenvalue weighted by Gasteiger charge is 2.26. The Balaban J connectivity index is 0.00000225. The Morgan fingerprint density at radius 3 is 2.80 bits per heavy atom.